The Morgan fingerprint density at radius 2 is 1.34 bits per heavy atom. The monoisotopic (exact) mass is 624 g/mol. The molecule has 1 heterocycles. The highest BCUT2D eigenvalue weighted by Gasteiger charge is 2.35. The van der Waals surface area contributed by atoms with Gasteiger partial charge in [-0.1, -0.05) is 145 Å². The molecule has 0 amide bonds. The Morgan fingerprint density at radius 3 is 1.91 bits per heavy atom. The molecule has 4 aromatic carbocycles. The van der Waals surface area contributed by atoms with Crippen molar-refractivity contribution in [3.8, 4) is 17.0 Å². The Bertz CT molecular complexity index is 1770. The van der Waals surface area contributed by atoms with Crippen LogP contribution in [0.4, 0.5) is 0 Å². The summed E-state index contributed by atoms with van der Waals surface area (Å²) in [5, 5.41) is 11.5. The van der Waals surface area contributed by atoms with Gasteiger partial charge in [0, 0.05) is 34.0 Å². The molecule has 0 bridgehead atoms. The second-order valence-electron chi connectivity index (χ2n) is 15.2. The molecule has 1 saturated carbocycles. The minimum atomic E-state index is -0.182. The van der Waals surface area contributed by atoms with Crippen LogP contribution in [0, 0.1) is 0 Å². The van der Waals surface area contributed by atoms with Gasteiger partial charge in [0.15, 0.2) is 11.7 Å². The maximum Gasteiger partial charge on any atom is 0.245 e. The predicted molar refractivity (Wildman–Crippen MR) is 195 cm³/mol. The summed E-state index contributed by atoms with van der Waals surface area (Å²) < 4.78 is 4.87. The van der Waals surface area contributed by atoms with Crippen molar-refractivity contribution in [3.05, 3.63) is 143 Å². The van der Waals surface area contributed by atoms with Crippen LogP contribution in [0.15, 0.2) is 121 Å². The summed E-state index contributed by atoms with van der Waals surface area (Å²) >= 11 is 0. The second-order valence-corrected chi connectivity index (χ2v) is 15.2. The van der Waals surface area contributed by atoms with Crippen molar-refractivity contribution in [3.63, 3.8) is 0 Å². The number of aromatic hydroxyl groups is 1. The maximum atomic E-state index is 11.5. The first-order chi connectivity index (χ1) is 22.5. The summed E-state index contributed by atoms with van der Waals surface area (Å²) in [5.41, 5.74) is 7.67. The molecule has 0 saturated heterocycles. The van der Waals surface area contributed by atoms with E-state index in [1.54, 1.807) is 0 Å². The largest absolute Gasteiger partial charge is 0.507 e. The van der Waals surface area contributed by atoms with E-state index in [1.165, 1.54) is 34.4 Å². The minimum absolute atomic E-state index is 0.0406. The van der Waals surface area contributed by atoms with Gasteiger partial charge in [-0.3, -0.25) is 4.99 Å². The fraction of sp³-hybridized carbons (Fsp3) is 0.349. The Labute approximate surface area is 281 Å². The van der Waals surface area contributed by atoms with Gasteiger partial charge in [0.05, 0.1) is 6.04 Å². The normalized spacial score (nSPS) is 17.4. The quantitative estimate of drug-likeness (QED) is 0.142. The number of phenolic OH excluding ortho intramolecular Hbond substituents is 1. The third kappa shape index (κ3) is 7.12. The Kier molecular flexibility index (Phi) is 9.23. The van der Waals surface area contributed by atoms with Gasteiger partial charge in [0.1, 0.15) is 18.0 Å². The number of phenols is 1. The van der Waals surface area contributed by atoms with E-state index >= 15 is 0 Å². The van der Waals surface area contributed by atoms with Crippen LogP contribution in [0.25, 0.3) is 11.3 Å². The van der Waals surface area contributed by atoms with Crippen LogP contribution in [-0.4, -0.2) is 21.9 Å². The van der Waals surface area contributed by atoms with E-state index in [0.717, 1.165) is 30.4 Å². The summed E-state index contributed by atoms with van der Waals surface area (Å²) in [6.07, 6.45) is 11.0. The van der Waals surface area contributed by atoms with Gasteiger partial charge in [-0.2, -0.15) is 0 Å². The molecule has 0 aliphatic heterocycles. The molecule has 0 radical (unpaired) electrons. The van der Waals surface area contributed by atoms with E-state index in [9.17, 15) is 5.11 Å². The number of aromatic nitrogens is 2. The van der Waals surface area contributed by atoms with Crippen molar-refractivity contribution in [2.75, 3.05) is 0 Å². The van der Waals surface area contributed by atoms with Gasteiger partial charge in [-0.15, -0.1) is 0 Å². The average molecular weight is 625 g/mol. The van der Waals surface area contributed by atoms with Gasteiger partial charge >= 0.3 is 0 Å². The molecule has 4 heteroatoms. The minimum Gasteiger partial charge on any atom is -0.507 e. The fourth-order valence-electron chi connectivity index (χ4n) is 7.02. The fourth-order valence-corrected chi connectivity index (χ4v) is 7.02. The molecule has 6 rings (SSSR count). The van der Waals surface area contributed by atoms with Crippen LogP contribution < -0.4 is 4.57 Å². The van der Waals surface area contributed by atoms with Gasteiger partial charge in [0.25, 0.3) is 0 Å². The van der Waals surface area contributed by atoms with E-state index in [1.807, 2.05) is 6.21 Å². The molecule has 242 valence electrons. The first-order valence-corrected chi connectivity index (χ1v) is 17.2. The van der Waals surface area contributed by atoms with E-state index in [2.05, 4.69) is 166 Å². The third-order valence-electron chi connectivity index (χ3n) is 9.68. The van der Waals surface area contributed by atoms with Gasteiger partial charge < -0.3 is 5.11 Å². The van der Waals surface area contributed by atoms with Crippen molar-refractivity contribution in [1.82, 2.24) is 4.57 Å². The molecule has 4 nitrogen and oxygen atoms in total. The number of nitrogens with zero attached hydrogens (tertiary/aromatic N) is 3. The maximum absolute atomic E-state index is 11.5. The van der Waals surface area contributed by atoms with Crippen molar-refractivity contribution in [2.24, 2.45) is 4.99 Å². The average Bonchev–Trinajstić information content (AvgIpc) is 3.49. The van der Waals surface area contributed by atoms with Crippen molar-refractivity contribution >= 4 is 6.21 Å². The number of imidazole rings is 1. The third-order valence-corrected chi connectivity index (χ3v) is 9.68. The Morgan fingerprint density at radius 1 is 0.766 bits per heavy atom. The SMILES string of the molecule is CC(C)(C)c1cc(C=N[C@@H]2CCCC[C@H]2n2c[n+](C(c3ccccc3)c3ccccc3)cc2-c2ccccc2)c(O)c(C(C)(C)C)c1. The zero-order valence-corrected chi connectivity index (χ0v) is 28.9. The van der Waals surface area contributed by atoms with Crippen LogP contribution in [0.3, 0.4) is 0 Å². The summed E-state index contributed by atoms with van der Waals surface area (Å²) in [6.45, 7) is 13.2. The smallest absolute Gasteiger partial charge is 0.245 e. The summed E-state index contributed by atoms with van der Waals surface area (Å²) in [7, 11) is 0. The summed E-state index contributed by atoms with van der Waals surface area (Å²) in [6, 6.07) is 37.0. The Balaban J connectivity index is 1.45. The highest BCUT2D eigenvalue weighted by Crippen LogP contribution is 2.39. The first-order valence-electron chi connectivity index (χ1n) is 17.2. The predicted octanol–water partition coefficient (Wildman–Crippen LogP) is 9.98. The highest BCUT2D eigenvalue weighted by molar-refractivity contribution is 5.85. The number of rotatable bonds is 7. The molecule has 0 spiro atoms. The molecule has 1 aliphatic carbocycles. The second kappa shape index (κ2) is 13.4. The van der Waals surface area contributed by atoms with E-state index in [-0.39, 0.29) is 29.0 Å². The van der Waals surface area contributed by atoms with Crippen LogP contribution in [-0.2, 0) is 10.8 Å². The molecule has 1 aliphatic rings. The van der Waals surface area contributed by atoms with Crippen molar-refractivity contribution in [1.29, 1.82) is 0 Å². The lowest BCUT2D eigenvalue weighted by molar-refractivity contribution is -0.704. The summed E-state index contributed by atoms with van der Waals surface area (Å²) in [5.74, 6) is 0.346. The highest BCUT2D eigenvalue weighted by atomic mass is 16.3. The van der Waals surface area contributed by atoms with E-state index < -0.39 is 0 Å². The lowest BCUT2D eigenvalue weighted by Crippen LogP contribution is -2.39. The lowest BCUT2D eigenvalue weighted by Gasteiger charge is -2.28. The Hall–Kier alpha value is -4.44. The van der Waals surface area contributed by atoms with Crippen LogP contribution >= 0.6 is 0 Å². The lowest BCUT2D eigenvalue weighted by atomic mass is 9.79. The molecule has 1 aromatic heterocycles. The number of hydrogen-bond donors (Lipinski definition) is 1. The molecule has 2 atom stereocenters. The number of hydrogen-bond acceptors (Lipinski definition) is 2. The topological polar surface area (TPSA) is 41.4 Å². The van der Waals surface area contributed by atoms with Gasteiger partial charge in [-0.25, -0.2) is 9.13 Å². The van der Waals surface area contributed by atoms with Crippen molar-refractivity contribution in [2.45, 2.75) is 96.2 Å². The van der Waals surface area contributed by atoms with Crippen LogP contribution in [0.1, 0.15) is 107 Å². The molecular formula is C43H50N3O+. The van der Waals surface area contributed by atoms with E-state index in [4.69, 9.17) is 4.99 Å². The molecule has 1 N–H and O–H groups in total. The van der Waals surface area contributed by atoms with E-state index in [0.29, 0.717) is 5.75 Å². The molecule has 1 fully saturated rings. The molecule has 47 heavy (non-hydrogen) atoms. The first kappa shape index (κ1) is 32.5. The zero-order valence-electron chi connectivity index (χ0n) is 28.9. The standard InChI is InChI=1S/C43H49N3O/c1-42(2,3)35-26-34(41(47)36(27-35)43(4,5)6)28-44-37-24-16-17-25-38(37)46-30-45(29-39(46)31-18-10-7-11-19-31)40(32-20-12-8-13-21-32)33-22-14-9-15-23-33/h7-15,18-23,26-30,37-38,40H,16-17,24-25H2,1-6H3/p+1/t37-,38-/m1/s1. The van der Waals surface area contributed by atoms with Gasteiger partial charge in [0.2, 0.25) is 6.33 Å². The zero-order chi connectivity index (χ0) is 33.2. The van der Waals surface area contributed by atoms with Crippen molar-refractivity contribution < 1.29 is 9.67 Å². The van der Waals surface area contributed by atoms with Crippen LogP contribution in [0.5, 0.6) is 5.75 Å². The molecular weight excluding hydrogens is 574 g/mol. The molecule has 5 aromatic rings. The van der Waals surface area contributed by atoms with Crippen LogP contribution in [0.2, 0.25) is 0 Å². The van der Waals surface area contributed by atoms with Gasteiger partial charge in [-0.05, 0) is 41.7 Å². The summed E-state index contributed by atoms with van der Waals surface area (Å²) in [4.78, 5) is 5.31. The molecule has 0 unspecified atom stereocenters. The number of benzene rings is 4. The number of aliphatic imine (C=N–C) groups is 1.